The number of benzene rings is 1. The van der Waals surface area contributed by atoms with E-state index < -0.39 is 24.1 Å². The van der Waals surface area contributed by atoms with Crippen LogP contribution in [0.3, 0.4) is 0 Å². The van der Waals surface area contributed by atoms with Crippen LogP contribution in [0.1, 0.15) is 48.8 Å². The number of fused-ring (bicyclic) bond motifs is 3. The van der Waals surface area contributed by atoms with Gasteiger partial charge in [0, 0.05) is 31.8 Å². The molecule has 2 aliphatic rings. The number of carbonyl (C=O) groups is 2. The topological polar surface area (TPSA) is 204 Å². The number of rotatable bonds is 9. The summed E-state index contributed by atoms with van der Waals surface area (Å²) in [5.74, 6) is -1.01. The summed E-state index contributed by atoms with van der Waals surface area (Å²) < 4.78 is 17.1. The average Bonchev–Trinajstić information content (AvgIpc) is 2.95. The van der Waals surface area contributed by atoms with Gasteiger partial charge in [-0.3, -0.25) is 4.99 Å². The molecule has 1 saturated carbocycles. The van der Waals surface area contributed by atoms with Gasteiger partial charge in [-0.25, -0.2) is 14.6 Å². The van der Waals surface area contributed by atoms with Gasteiger partial charge in [0.2, 0.25) is 11.8 Å². The molecule has 14 heteroatoms. The summed E-state index contributed by atoms with van der Waals surface area (Å²) in [7, 11) is 7.01. The Morgan fingerprint density at radius 3 is 2.22 bits per heavy atom. The summed E-state index contributed by atoms with van der Waals surface area (Å²) in [6.45, 7) is 2.49. The van der Waals surface area contributed by atoms with Gasteiger partial charge in [0.1, 0.15) is 0 Å². The third-order valence-corrected chi connectivity index (χ3v) is 6.77. The van der Waals surface area contributed by atoms with Crippen molar-refractivity contribution >= 4 is 23.6 Å². The maximum absolute atomic E-state index is 10.3. The normalized spacial score (nSPS) is 20.6. The minimum absolute atomic E-state index is 0.0759. The minimum atomic E-state index is -2.27. The fraction of sp³-hybridized carbons (Fsp3) is 0.519. The summed E-state index contributed by atoms with van der Waals surface area (Å²) in [6.07, 6.45) is -0.834. The predicted molar refractivity (Wildman–Crippen MR) is 146 cm³/mol. The van der Waals surface area contributed by atoms with Crippen molar-refractivity contribution in [1.82, 2.24) is 9.97 Å². The highest BCUT2D eigenvalue weighted by Gasteiger charge is 2.38. The van der Waals surface area contributed by atoms with E-state index in [9.17, 15) is 14.7 Å². The molecule has 224 valence electrons. The first kappa shape index (κ1) is 31.5. The Morgan fingerprint density at radius 2 is 1.68 bits per heavy atom. The molecule has 1 aliphatic heterocycles. The van der Waals surface area contributed by atoms with E-state index in [0.717, 1.165) is 35.2 Å². The van der Waals surface area contributed by atoms with Crippen molar-refractivity contribution in [3.8, 4) is 17.4 Å². The number of hydrogen-bond acceptors (Lipinski definition) is 12. The number of methoxy groups -OCH3 is 2. The number of ether oxygens (including phenoxy) is 3. The quantitative estimate of drug-likeness (QED) is 0.279. The highest BCUT2D eigenvalue weighted by Crippen LogP contribution is 2.45. The van der Waals surface area contributed by atoms with Gasteiger partial charge < -0.3 is 44.6 Å². The molecule has 0 spiro atoms. The number of anilines is 1. The highest BCUT2D eigenvalue weighted by molar-refractivity contribution is 6.16. The first-order valence-electron chi connectivity index (χ1n) is 12.9. The summed E-state index contributed by atoms with van der Waals surface area (Å²) in [5.41, 5.74) is 3.58. The number of aromatic nitrogens is 2. The predicted octanol–water partition coefficient (Wildman–Crippen LogP) is 0.684. The van der Waals surface area contributed by atoms with Crippen molar-refractivity contribution in [2.24, 2.45) is 4.99 Å². The van der Waals surface area contributed by atoms with E-state index in [1.807, 2.05) is 38.1 Å². The van der Waals surface area contributed by atoms with Crippen molar-refractivity contribution in [3.05, 3.63) is 35.0 Å². The Labute approximate surface area is 236 Å². The smallest absolute Gasteiger partial charge is 0.335 e. The number of aliphatic imine (C=N–C) groups is 1. The zero-order chi connectivity index (χ0) is 30.4. The first-order valence-corrected chi connectivity index (χ1v) is 12.9. The van der Waals surface area contributed by atoms with Crippen LogP contribution < -0.4 is 19.1 Å². The Kier molecular flexibility index (Phi) is 10.4. The number of aliphatic hydroxyl groups is 3. The van der Waals surface area contributed by atoms with E-state index in [1.54, 1.807) is 20.4 Å². The number of hydrogen-bond donors (Lipinski definition) is 5. The summed E-state index contributed by atoms with van der Waals surface area (Å²) in [5, 5.41) is 42.9. The Morgan fingerprint density at radius 1 is 1.02 bits per heavy atom. The lowest BCUT2D eigenvalue weighted by atomic mass is 9.74. The van der Waals surface area contributed by atoms with Crippen molar-refractivity contribution in [1.29, 1.82) is 0 Å². The number of carboxylic acids is 2. The highest BCUT2D eigenvalue weighted by atomic mass is 16.5. The van der Waals surface area contributed by atoms with Crippen LogP contribution in [0.25, 0.3) is 0 Å². The monoisotopic (exact) mass is 576 g/mol. The molecule has 2 unspecified atom stereocenters. The molecule has 5 N–H and O–H groups in total. The molecule has 0 amide bonds. The van der Waals surface area contributed by atoms with Crippen molar-refractivity contribution in [3.63, 3.8) is 0 Å². The third kappa shape index (κ3) is 7.01. The van der Waals surface area contributed by atoms with Gasteiger partial charge in [0.25, 0.3) is 0 Å². The Hall–Kier alpha value is -4.01. The van der Waals surface area contributed by atoms with Gasteiger partial charge in [0.15, 0.2) is 23.7 Å². The lowest BCUT2D eigenvalue weighted by Crippen LogP contribution is -2.39. The number of aliphatic hydroxyl groups excluding tert-OH is 3. The number of nitrogens with zero attached hydrogens (tertiary/aromatic N) is 4. The van der Waals surface area contributed by atoms with Crippen molar-refractivity contribution in [2.45, 2.75) is 56.5 Å². The van der Waals surface area contributed by atoms with E-state index in [-0.39, 0.29) is 18.1 Å². The largest absolute Gasteiger partial charge is 0.493 e. The minimum Gasteiger partial charge on any atom is -0.493 e. The molecule has 1 fully saturated rings. The van der Waals surface area contributed by atoms with Crippen LogP contribution in [0.5, 0.6) is 17.4 Å². The van der Waals surface area contributed by atoms with Crippen LogP contribution in [-0.4, -0.2) is 112 Å². The van der Waals surface area contributed by atoms with E-state index in [1.165, 1.54) is 0 Å². The fourth-order valence-corrected chi connectivity index (χ4v) is 4.75. The van der Waals surface area contributed by atoms with E-state index in [2.05, 4.69) is 9.97 Å². The summed E-state index contributed by atoms with van der Waals surface area (Å²) >= 11 is 0. The fourth-order valence-electron chi connectivity index (χ4n) is 4.75. The maximum Gasteiger partial charge on any atom is 0.335 e. The molecule has 2 aromatic rings. The molecular weight excluding hydrogens is 540 g/mol. The van der Waals surface area contributed by atoms with Crippen molar-refractivity contribution < 1.29 is 49.3 Å². The third-order valence-electron chi connectivity index (χ3n) is 6.77. The molecule has 1 aliphatic carbocycles. The number of carboxylic acid groups (broad SMARTS) is 2. The van der Waals surface area contributed by atoms with Crippen molar-refractivity contribution in [2.75, 3.05) is 39.8 Å². The van der Waals surface area contributed by atoms with Crippen LogP contribution in [-0.2, 0) is 9.59 Å². The Bertz CT molecular complexity index is 1270. The summed E-state index contributed by atoms with van der Waals surface area (Å²) in [6, 6.07) is 4.09. The molecule has 4 rings (SSSR count). The second kappa shape index (κ2) is 13.6. The molecule has 2 heterocycles. The summed E-state index contributed by atoms with van der Waals surface area (Å²) in [4.78, 5) is 35.6. The average molecular weight is 577 g/mol. The maximum atomic E-state index is 10.3. The molecule has 14 nitrogen and oxygen atoms in total. The second-order valence-electron chi connectivity index (χ2n) is 9.70. The molecule has 0 bridgehead atoms. The zero-order valence-electron chi connectivity index (χ0n) is 23.5. The van der Waals surface area contributed by atoms with Gasteiger partial charge in [-0.2, -0.15) is 4.98 Å². The van der Waals surface area contributed by atoms with E-state index >= 15 is 0 Å². The van der Waals surface area contributed by atoms with Gasteiger partial charge in [0.05, 0.1) is 44.2 Å². The van der Waals surface area contributed by atoms with Gasteiger partial charge in [-0.15, -0.1) is 0 Å². The molecule has 41 heavy (non-hydrogen) atoms. The van der Waals surface area contributed by atoms with Gasteiger partial charge in [-0.05, 0) is 43.9 Å². The van der Waals surface area contributed by atoms with Crippen LogP contribution in [0, 0.1) is 0 Å². The van der Waals surface area contributed by atoms with E-state index in [4.69, 9.17) is 39.6 Å². The Balaban J connectivity index is 0.000000397. The molecule has 5 atom stereocenters. The van der Waals surface area contributed by atoms with Crippen LogP contribution in [0.15, 0.2) is 23.3 Å². The van der Waals surface area contributed by atoms with Crippen LogP contribution >= 0.6 is 0 Å². The first-order chi connectivity index (χ1) is 19.4. The molecular formula is C27H36N4O10. The molecule has 0 saturated heterocycles. The second-order valence-corrected chi connectivity index (χ2v) is 9.70. The lowest BCUT2D eigenvalue weighted by molar-refractivity contribution is -0.165. The lowest BCUT2D eigenvalue weighted by Gasteiger charge is -2.37. The molecule has 1 aromatic heterocycles. The number of aliphatic carboxylic acids is 2. The standard InChI is InChI=1S/C23H30N4O4.C4H6O6/c1-6-31-20-10-14-15-9-13(28)7-8-18(15)25-21(16(14)11-19(20)29-4)17-12-24-23(27(2)3)26-22(17)30-5;5-1(3(7)8)2(6)4(9)10/h10-13,15,18,28H,6-9H2,1-5H3;1-2,5-6H,(H,7,8)(H,9,10)/t13-,15-,18-;/m1./s1. The SMILES string of the molecule is CCOc1cc2c(cc1OC)C(c1cnc(N(C)C)nc1OC)=N[C@@H]1CC[C@@H](O)C[C@H]21.O=C(O)C(O)C(O)C(=O)O. The molecule has 0 radical (unpaired) electrons. The molecule has 1 aromatic carbocycles. The van der Waals surface area contributed by atoms with Crippen LogP contribution in [0.4, 0.5) is 5.95 Å². The van der Waals surface area contributed by atoms with Gasteiger partial charge in [-0.1, -0.05) is 0 Å². The van der Waals surface area contributed by atoms with Gasteiger partial charge >= 0.3 is 11.9 Å². The van der Waals surface area contributed by atoms with Crippen LogP contribution in [0.2, 0.25) is 0 Å². The zero-order valence-corrected chi connectivity index (χ0v) is 23.5. The van der Waals surface area contributed by atoms with E-state index in [0.29, 0.717) is 36.4 Å².